The smallest absolute Gasteiger partial charge is 0.335 e. The number of thioether (sulfide) groups is 1. The van der Waals surface area contributed by atoms with Crippen LogP contribution in [0.25, 0.3) is 0 Å². The molecule has 1 unspecified atom stereocenters. The van der Waals surface area contributed by atoms with E-state index in [1.165, 1.54) is 11.8 Å². The maximum Gasteiger partial charge on any atom is 0.335 e. The van der Waals surface area contributed by atoms with E-state index in [1.807, 2.05) is 69.3 Å². The molecule has 4 aromatic carbocycles. The maximum atomic E-state index is 13.7. The zero-order chi connectivity index (χ0) is 36.0. The van der Waals surface area contributed by atoms with E-state index in [0.717, 1.165) is 54.1 Å². The van der Waals surface area contributed by atoms with Crippen LogP contribution in [0.2, 0.25) is 0 Å². The van der Waals surface area contributed by atoms with Gasteiger partial charge in [-0.25, -0.2) is 4.79 Å². The van der Waals surface area contributed by atoms with Crippen LogP contribution in [0.5, 0.6) is 0 Å². The summed E-state index contributed by atoms with van der Waals surface area (Å²) >= 11 is 1.52. The summed E-state index contributed by atoms with van der Waals surface area (Å²) < 4.78 is 0. The largest absolute Gasteiger partial charge is 0.481 e. The van der Waals surface area contributed by atoms with Gasteiger partial charge in [0, 0.05) is 34.9 Å². The second-order valence-corrected chi connectivity index (χ2v) is 13.2. The van der Waals surface area contributed by atoms with E-state index >= 15 is 0 Å². The molecule has 0 saturated carbocycles. The zero-order valence-corrected chi connectivity index (χ0v) is 29.6. The second-order valence-electron chi connectivity index (χ2n) is 12.0. The van der Waals surface area contributed by atoms with E-state index in [9.17, 15) is 24.3 Å². The molecule has 2 amide bonds. The number of aliphatic carboxylic acids is 1. The Kier molecular flexibility index (Phi) is 14.0. The minimum atomic E-state index is -0.948. The predicted octanol–water partition coefficient (Wildman–Crippen LogP) is 8.50. The van der Waals surface area contributed by atoms with Crippen LogP contribution in [-0.4, -0.2) is 52.8 Å². The highest BCUT2D eigenvalue weighted by atomic mass is 32.2. The molecule has 4 aromatic rings. The molecule has 0 heterocycles. The Morgan fingerprint density at radius 2 is 1.38 bits per heavy atom. The Morgan fingerprint density at radius 3 is 1.98 bits per heavy atom. The number of rotatable bonds is 18. The van der Waals surface area contributed by atoms with Gasteiger partial charge < -0.3 is 25.7 Å². The SMILES string of the molecule is CCCC(CCSc1cccc(C(=O)Nc2ccc(N(CC)CC)cc2C(=O)Nc2ccc(CCc3ccc(C(=O)O)cc3)cc2)c1)C(=O)O. The molecule has 0 spiro atoms. The lowest BCUT2D eigenvalue weighted by Crippen LogP contribution is -2.23. The van der Waals surface area contributed by atoms with Gasteiger partial charge in [0.05, 0.1) is 22.7 Å². The van der Waals surface area contributed by atoms with E-state index in [-0.39, 0.29) is 23.3 Å². The number of amides is 2. The lowest BCUT2D eigenvalue weighted by atomic mass is 10.0. The van der Waals surface area contributed by atoms with Crippen molar-refractivity contribution in [2.24, 2.45) is 5.92 Å². The summed E-state index contributed by atoms with van der Waals surface area (Å²) in [5.41, 5.74) is 5.01. The Morgan fingerprint density at radius 1 is 0.720 bits per heavy atom. The van der Waals surface area contributed by atoms with Crippen LogP contribution < -0.4 is 15.5 Å². The molecule has 0 aliphatic carbocycles. The number of aromatic carboxylic acids is 1. The van der Waals surface area contributed by atoms with E-state index in [1.54, 1.807) is 42.5 Å². The molecule has 4 rings (SSSR count). The minimum Gasteiger partial charge on any atom is -0.481 e. The van der Waals surface area contributed by atoms with Crippen molar-refractivity contribution in [2.45, 2.75) is 57.8 Å². The van der Waals surface area contributed by atoms with Gasteiger partial charge in [-0.1, -0.05) is 43.7 Å². The number of nitrogens with one attached hydrogen (secondary N) is 2. The third-order valence-electron chi connectivity index (χ3n) is 8.56. The third-order valence-corrected chi connectivity index (χ3v) is 9.58. The summed E-state index contributed by atoms with van der Waals surface area (Å²) in [4.78, 5) is 52.8. The highest BCUT2D eigenvalue weighted by molar-refractivity contribution is 7.99. The van der Waals surface area contributed by atoms with Gasteiger partial charge in [0.1, 0.15) is 0 Å². The summed E-state index contributed by atoms with van der Waals surface area (Å²) in [6.45, 7) is 7.57. The summed E-state index contributed by atoms with van der Waals surface area (Å²) in [5.74, 6) is -2.18. The van der Waals surface area contributed by atoms with Crippen molar-refractivity contribution >= 4 is 52.6 Å². The van der Waals surface area contributed by atoms with E-state index < -0.39 is 11.9 Å². The van der Waals surface area contributed by atoms with Crippen LogP contribution in [-0.2, 0) is 17.6 Å². The molecular formula is C40H45N3O6S. The van der Waals surface area contributed by atoms with Crippen molar-refractivity contribution < 1.29 is 29.4 Å². The molecule has 0 aromatic heterocycles. The highest BCUT2D eigenvalue weighted by Crippen LogP contribution is 2.27. The number of hydrogen-bond donors (Lipinski definition) is 4. The highest BCUT2D eigenvalue weighted by Gasteiger charge is 2.19. The lowest BCUT2D eigenvalue weighted by Gasteiger charge is -2.23. The molecule has 262 valence electrons. The summed E-state index contributed by atoms with van der Waals surface area (Å²) in [6.07, 6.45) is 3.51. The number of nitrogens with zero attached hydrogens (tertiary/aromatic N) is 1. The molecule has 0 fully saturated rings. The van der Waals surface area contributed by atoms with Crippen LogP contribution in [0.4, 0.5) is 17.1 Å². The number of carboxylic acids is 2. The number of carboxylic acid groups (broad SMARTS) is 2. The van der Waals surface area contributed by atoms with Gasteiger partial charge in [0.25, 0.3) is 11.8 Å². The monoisotopic (exact) mass is 695 g/mol. The first-order valence-corrected chi connectivity index (χ1v) is 18.0. The Balaban J connectivity index is 1.45. The van der Waals surface area contributed by atoms with Gasteiger partial charge >= 0.3 is 11.9 Å². The molecule has 0 radical (unpaired) electrons. The van der Waals surface area contributed by atoms with Gasteiger partial charge in [-0.3, -0.25) is 14.4 Å². The second kappa shape index (κ2) is 18.6. The topological polar surface area (TPSA) is 136 Å². The quantitative estimate of drug-likeness (QED) is 0.0761. The number of anilines is 3. The zero-order valence-electron chi connectivity index (χ0n) is 28.8. The van der Waals surface area contributed by atoms with Crippen molar-refractivity contribution in [2.75, 3.05) is 34.4 Å². The van der Waals surface area contributed by atoms with Gasteiger partial charge in [-0.05, 0) is 117 Å². The van der Waals surface area contributed by atoms with Crippen molar-refractivity contribution in [3.05, 3.63) is 119 Å². The van der Waals surface area contributed by atoms with Crippen molar-refractivity contribution in [1.82, 2.24) is 0 Å². The normalized spacial score (nSPS) is 11.4. The number of carbonyl (C=O) groups excluding carboxylic acids is 2. The first-order chi connectivity index (χ1) is 24.1. The molecule has 0 aliphatic heterocycles. The molecule has 1 atom stereocenters. The Hall–Kier alpha value is -5.09. The average Bonchev–Trinajstić information content (AvgIpc) is 3.12. The molecule has 9 nitrogen and oxygen atoms in total. The molecule has 0 saturated heterocycles. The van der Waals surface area contributed by atoms with Gasteiger partial charge in [-0.2, -0.15) is 0 Å². The average molecular weight is 696 g/mol. The molecule has 0 bridgehead atoms. The van der Waals surface area contributed by atoms with Gasteiger partial charge in [-0.15, -0.1) is 11.8 Å². The fourth-order valence-corrected chi connectivity index (χ4v) is 6.67. The summed E-state index contributed by atoms with van der Waals surface area (Å²) in [6, 6.07) is 27.1. The van der Waals surface area contributed by atoms with Crippen molar-refractivity contribution in [1.29, 1.82) is 0 Å². The van der Waals surface area contributed by atoms with Crippen LogP contribution >= 0.6 is 11.8 Å². The van der Waals surface area contributed by atoms with Gasteiger partial charge in [0.15, 0.2) is 0 Å². The van der Waals surface area contributed by atoms with E-state index in [0.29, 0.717) is 41.1 Å². The van der Waals surface area contributed by atoms with Crippen LogP contribution in [0.3, 0.4) is 0 Å². The molecule has 0 aliphatic rings. The summed E-state index contributed by atoms with van der Waals surface area (Å²) in [7, 11) is 0. The standard InChI is InChI=1S/C40H45N3O6S/c1-4-8-29(39(46)47)23-24-50-34-10-7-9-31(25-34)37(44)42-36-22-21-33(43(5-2)6-3)26-35(36)38(45)41-32-19-15-28(16-20-32)12-11-27-13-17-30(18-14-27)40(48)49/h7,9-10,13-22,25-26,29H,4-6,8,11-12,23-24H2,1-3H3,(H,41,45)(H,42,44)(H,46,47)(H,48,49). The maximum absolute atomic E-state index is 13.7. The van der Waals surface area contributed by atoms with Crippen LogP contribution in [0, 0.1) is 5.92 Å². The molecule has 4 N–H and O–H groups in total. The first-order valence-electron chi connectivity index (χ1n) is 17.0. The third kappa shape index (κ3) is 10.7. The van der Waals surface area contributed by atoms with Crippen LogP contribution in [0.1, 0.15) is 82.2 Å². The number of aryl methyl sites for hydroxylation is 2. The predicted molar refractivity (Wildman–Crippen MR) is 201 cm³/mol. The number of benzene rings is 4. The fourth-order valence-electron chi connectivity index (χ4n) is 5.65. The van der Waals surface area contributed by atoms with E-state index in [4.69, 9.17) is 5.11 Å². The van der Waals surface area contributed by atoms with Crippen molar-refractivity contribution in [3.8, 4) is 0 Å². The summed E-state index contributed by atoms with van der Waals surface area (Å²) in [5, 5.41) is 24.5. The Bertz CT molecular complexity index is 1770. The number of hydrogen-bond acceptors (Lipinski definition) is 6. The minimum absolute atomic E-state index is 0.259. The molecular weight excluding hydrogens is 651 g/mol. The molecule has 10 heteroatoms. The van der Waals surface area contributed by atoms with Crippen LogP contribution in [0.15, 0.2) is 95.9 Å². The number of carbonyl (C=O) groups is 4. The van der Waals surface area contributed by atoms with E-state index in [2.05, 4.69) is 15.5 Å². The lowest BCUT2D eigenvalue weighted by molar-refractivity contribution is -0.142. The van der Waals surface area contributed by atoms with Gasteiger partial charge in [0.2, 0.25) is 0 Å². The molecule has 50 heavy (non-hydrogen) atoms. The van der Waals surface area contributed by atoms with Crippen molar-refractivity contribution in [3.63, 3.8) is 0 Å². The first kappa shape index (κ1) is 37.7. The Labute approximate surface area is 298 Å². The fraction of sp³-hybridized carbons (Fsp3) is 0.300.